The third-order valence-corrected chi connectivity index (χ3v) is 5.52. The number of carboxylic acids is 2. The number of aliphatic carboxylic acids is 2. The zero-order chi connectivity index (χ0) is 28.9. The Kier molecular flexibility index (Phi) is 11.6. The molecule has 4 amide bonds. The summed E-state index contributed by atoms with van der Waals surface area (Å²) in [7, 11) is 0. The maximum Gasteiger partial charge on any atom is 0.326 e. The molecule has 4 atom stereocenters. The first-order chi connectivity index (χ1) is 18.5. The molecule has 4 unspecified atom stereocenters. The number of aromatic nitrogens is 4. The smallest absolute Gasteiger partial charge is 0.326 e. The number of hydrogen-bond donors (Lipinski definition) is 9. The van der Waals surface area contributed by atoms with Crippen LogP contribution in [-0.4, -0.2) is 89.9 Å². The maximum absolute atomic E-state index is 13.2. The van der Waals surface area contributed by atoms with E-state index in [-0.39, 0.29) is 38.5 Å². The third kappa shape index (κ3) is 10.6. The van der Waals surface area contributed by atoms with Crippen molar-refractivity contribution in [3.8, 4) is 0 Å². The van der Waals surface area contributed by atoms with Crippen molar-refractivity contribution >= 4 is 35.6 Å². The topological polar surface area (TPSA) is 288 Å². The van der Waals surface area contributed by atoms with Crippen LogP contribution < -0.4 is 27.4 Å². The Morgan fingerprint density at radius 3 is 1.77 bits per heavy atom. The molecule has 0 aliphatic heterocycles. The van der Waals surface area contributed by atoms with Crippen molar-refractivity contribution in [2.24, 2.45) is 11.5 Å². The highest BCUT2D eigenvalue weighted by Crippen LogP contribution is 2.06. The maximum atomic E-state index is 13.2. The van der Waals surface area contributed by atoms with Gasteiger partial charge in [-0.15, -0.1) is 0 Å². The van der Waals surface area contributed by atoms with E-state index in [0.29, 0.717) is 11.4 Å². The van der Waals surface area contributed by atoms with E-state index in [1.165, 1.54) is 25.0 Å². The van der Waals surface area contributed by atoms with Gasteiger partial charge < -0.3 is 47.6 Å². The monoisotopic (exact) mass is 549 g/mol. The first-order valence-electron chi connectivity index (χ1n) is 11.8. The van der Waals surface area contributed by atoms with Crippen LogP contribution in [0.25, 0.3) is 0 Å². The van der Waals surface area contributed by atoms with Gasteiger partial charge in [-0.25, -0.2) is 14.8 Å². The fourth-order valence-corrected chi connectivity index (χ4v) is 3.43. The molecular formula is C22H31N9O8. The summed E-state index contributed by atoms with van der Waals surface area (Å²) in [4.78, 5) is 85.8. The molecule has 0 aliphatic rings. The van der Waals surface area contributed by atoms with E-state index in [2.05, 4.69) is 35.9 Å². The van der Waals surface area contributed by atoms with Gasteiger partial charge in [0.25, 0.3) is 0 Å². The summed E-state index contributed by atoms with van der Waals surface area (Å²) in [6.07, 6.45) is 4.13. The van der Waals surface area contributed by atoms with E-state index in [0.717, 1.165) is 0 Å². The normalized spacial score (nSPS) is 13.9. The van der Waals surface area contributed by atoms with Gasteiger partial charge in [-0.05, 0) is 12.8 Å². The highest BCUT2D eigenvalue weighted by atomic mass is 16.4. The van der Waals surface area contributed by atoms with Gasteiger partial charge in [0.2, 0.25) is 23.6 Å². The van der Waals surface area contributed by atoms with E-state index in [1.807, 2.05) is 0 Å². The average Bonchev–Trinajstić information content (AvgIpc) is 3.58. The number of nitrogens with one attached hydrogen (secondary N) is 5. The number of carboxylic acid groups (broad SMARTS) is 2. The quantitative estimate of drug-likeness (QED) is 0.0952. The number of carbonyl (C=O) groups excluding carboxylic acids is 4. The van der Waals surface area contributed by atoms with Gasteiger partial charge in [-0.2, -0.15) is 0 Å². The minimum absolute atomic E-state index is 0.114. The number of imidazole rings is 2. The molecule has 0 saturated heterocycles. The summed E-state index contributed by atoms with van der Waals surface area (Å²) in [6, 6.07) is -5.31. The van der Waals surface area contributed by atoms with Crippen LogP contribution in [0, 0.1) is 0 Å². The Bertz CT molecular complexity index is 1140. The molecule has 17 heteroatoms. The van der Waals surface area contributed by atoms with Gasteiger partial charge >= 0.3 is 11.9 Å². The van der Waals surface area contributed by atoms with Gasteiger partial charge in [0.05, 0.1) is 18.7 Å². The van der Waals surface area contributed by atoms with Crippen molar-refractivity contribution in [1.29, 1.82) is 0 Å². The lowest BCUT2D eigenvalue weighted by Gasteiger charge is -2.25. The van der Waals surface area contributed by atoms with Crippen molar-refractivity contribution in [2.45, 2.75) is 62.7 Å². The summed E-state index contributed by atoms with van der Waals surface area (Å²) in [5.74, 6) is -5.82. The van der Waals surface area contributed by atoms with E-state index in [1.54, 1.807) is 0 Å². The van der Waals surface area contributed by atoms with E-state index in [4.69, 9.17) is 16.6 Å². The molecule has 2 aromatic rings. The molecule has 0 bridgehead atoms. The van der Waals surface area contributed by atoms with Crippen LogP contribution in [-0.2, 0) is 41.6 Å². The Labute approximate surface area is 221 Å². The number of nitrogens with two attached hydrogens (primary N) is 2. The van der Waals surface area contributed by atoms with Crippen LogP contribution in [0.4, 0.5) is 0 Å². The van der Waals surface area contributed by atoms with Crippen molar-refractivity contribution in [3.05, 3.63) is 36.4 Å². The zero-order valence-electron chi connectivity index (χ0n) is 20.8. The second kappa shape index (κ2) is 14.8. The van der Waals surface area contributed by atoms with Gasteiger partial charge in [0.1, 0.15) is 18.1 Å². The molecule has 2 aromatic heterocycles. The Hall–Kier alpha value is -4.80. The van der Waals surface area contributed by atoms with Crippen molar-refractivity contribution < 1.29 is 39.0 Å². The standard InChI is InChI=1S/C22H31N9O8/c23-13(1-4-18(33)34)19(35)29-14(2-3-17(24)32)20(36)30-15(5-11-7-25-9-27-11)21(37)31-16(22(38)39)6-12-8-26-10-28-12/h7-10,13-16H,1-6,23H2,(H2,24,32)(H,25,27)(H,26,28)(H,29,35)(H,30,36)(H,31,37)(H,33,34)(H,38,39). The highest BCUT2D eigenvalue weighted by molar-refractivity contribution is 5.94. The lowest BCUT2D eigenvalue weighted by atomic mass is 10.1. The highest BCUT2D eigenvalue weighted by Gasteiger charge is 2.31. The number of primary amides is 1. The van der Waals surface area contributed by atoms with Gasteiger partial charge in [-0.1, -0.05) is 0 Å². The molecule has 0 spiro atoms. The van der Waals surface area contributed by atoms with Crippen LogP contribution >= 0.6 is 0 Å². The molecule has 0 aliphatic carbocycles. The summed E-state index contributed by atoms with van der Waals surface area (Å²) in [6.45, 7) is 0. The van der Waals surface area contributed by atoms with E-state index in [9.17, 15) is 33.9 Å². The molecule has 2 heterocycles. The predicted octanol–water partition coefficient (Wildman–Crippen LogP) is -3.09. The van der Waals surface area contributed by atoms with Crippen LogP contribution in [0.15, 0.2) is 25.0 Å². The molecule has 0 aromatic carbocycles. The Morgan fingerprint density at radius 1 is 0.769 bits per heavy atom. The number of rotatable bonds is 17. The lowest BCUT2D eigenvalue weighted by Crippen LogP contribution is -2.58. The number of aromatic amines is 2. The summed E-state index contributed by atoms with van der Waals surface area (Å²) >= 11 is 0. The lowest BCUT2D eigenvalue weighted by molar-refractivity contribution is -0.142. The Morgan fingerprint density at radius 2 is 1.28 bits per heavy atom. The van der Waals surface area contributed by atoms with Crippen molar-refractivity contribution in [3.63, 3.8) is 0 Å². The second-order valence-electron chi connectivity index (χ2n) is 8.63. The molecule has 2 rings (SSSR count). The fourth-order valence-electron chi connectivity index (χ4n) is 3.43. The zero-order valence-corrected chi connectivity index (χ0v) is 20.8. The molecule has 39 heavy (non-hydrogen) atoms. The van der Waals surface area contributed by atoms with Crippen LogP contribution in [0.1, 0.15) is 37.1 Å². The number of hydrogen-bond acceptors (Lipinski definition) is 9. The van der Waals surface area contributed by atoms with E-state index >= 15 is 0 Å². The predicted molar refractivity (Wildman–Crippen MR) is 131 cm³/mol. The van der Waals surface area contributed by atoms with Crippen LogP contribution in [0.3, 0.4) is 0 Å². The molecule has 17 nitrogen and oxygen atoms in total. The Balaban J connectivity index is 2.19. The number of H-pyrrole nitrogens is 2. The van der Waals surface area contributed by atoms with E-state index < -0.39 is 59.7 Å². The minimum Gasteiger partial charge on any atom is -0.481 e. The number of nitrogens with zero attached hydrogens (tertiary/aromatic N) is 2. The summed E-state index contributed by atoms with van der Waals surface area (Å²) in [5.41, 5.74) is 11.8. The number of carbonyl (C=O) groups is 6. The molecule has 0 radical (unpaired) electrons. The minimum atomic E-state index is -1.36. The third-order valence-electron chi connectivity index (χ3n) is 5.52. The van der Waals surface area contributed by atoms with Crippen molar-refractivity contribution in [1.82, 2.24) is 35.9 Å². The summed E-state index contributed by atoms with van der Waals surface area (Å²) < 4.78 is 0. The second-order valence-corrected chi connectivity index (χ2v) is 8.63. The first-order valence-corrected chi connectivity index (χ1v) is 11.8. The average molecular weight is 550 g/mol. The van der Waals surface area contributed by atoms with Gasteiger partial charge in [0, 0.05) is 49.5 Å². The van der Waals surface area contributed by atoms with Gasteiger partial charge in [0.15, 0.2) is 0 Å². The molecule has 0 saturated carbocycles. The van der Waals surface area contributed by atoms with Crippen molar-refractivity contribution in [2.75, 3.05) is 0 Å². The SMILES string of the molecule is NC(=O)CCC(NC(=O)C(N)CCC(=O)O)C(=O)NC(Cc1cnc[nH]1)C(=O)NC(Cc1cnc[nH]1)C(=O)O. The largest absolute Gasteiger partial charge is 0.481 e. The number of amides is 4. The van der Waals surface area contributed by atoms with Crippen LogP contribution in [0.2, 0.25) is 0 Å². The molecule has 11 N–H and O–H groups in total. The molecule has 0 fully saturated rings. The van der Waals surface area contributed by atoms with Gasteiger partial charge in [-0.3, -0.25) is 24.0 Å². The van der Waals surface area contributed by atoms with Crippen LogP contribution in [0.5, 0.6) is 0 Å². The molecular weight excluding hydrogens is 518 g/mol. The summed E-state index contributed by atoms with van der Waals surface area (Å²) in [5, 5.41) is 25.6. The molecule has 212 valence electrons. The fraction of sp³-hybridized carbons (Fsp3) is 0.455. The first kappa shape index (κ1) is 30.4.